The maximum Gasteiger partial charge on any atom is 0.254 e. The first-order valence-corrected chi connectivity index (χ1v) is 9.85. The molecule has 6 nitrogen and oxygen atoms in total. The van der Waals surface area contributed by atoms with Gasteiger partial charge in [0.25, 0.3) is 5.91 Å². The smallest absolute Gasteiger partial charge is 0.254 e. The second-order valence-electron chi connectivity index (χ2n) is 7.57. The number of aryl methyl sites for hydroxylation is 1. The van der Waals surface area contributed by atoms with E-state index in [0.29, 0.717) is 5.56 Å². The summed E-state index contributed by atoms with van der Waals surface area (Å²) in [5.41, 5.74) is 1.79. The van der Waals surface area contributed by atoms with E-state index in [1.54, 1.807) is 19.1 Å². The molecule has 156 valence electrons. The number of ketones is 2. The van der Waals surface area contributed by atoms with Crippen LogP contribution < -0.4 is 0 Å². The molecule has 0 saturated heterocycles. The second kappa shape index (κ2) is 8.24. The van der Waals surface area contributed by atoms with Gasteiger partial charge in [-0.1, -0.05) is 25.1 Å². The molecule has 2 aromatic carbocycles. The number of amides is 1. The van der Waals surface area contributed by atoms with Gasteiger partial charge in [-0.05, 0) is 48.4 Å². The Morgan fingerprint density at radius 2 is 1.63 bits per heavy atom. The van der Waals surface area contributed by atoms with Crippen molar-refractivity contribution in [2.75, 3.05) is 13.7 Å². The van der Waals surface area contributed by atoms with E-state index in [2.05, 4.69) is 22.8 Å². The summed E-state index contributed by atoms with van der Waals surface area (Å²) in [5.74, 6) is -1.56. The van der Waals surface area contributed by atoms with Crippen LogP contribution in [0, 0.1) is 0 Å². The second-order valence-corrected chi connectivity index (χ2v) is 7.57. The van der Waals surface area contributed by atoms with Gasteiger partial charge in [0.1, 0.15) is 6.61 Å². The van der Waals surface area contributed by atoms with Crippen LogP contribution in [0.15, 0.2) is 54.7 Å². The molecule has 0 aliphatic rings. The summed E-state index contributed by atoms with van der Waals surface area (Å²) in [7, 11) is 3.41. The van der Waals surface area contributed by atoms with Gasteiger partial charge in [0, 0.05) is 43.2 Å². The molecule has 3 aromatic rings. The van der Waals surface area contributed by atoms with E-state index in [4.69, 9.17) is 0 Å². The number of Topliss-reactive ketones (excluding diaryl/α,β-unsaturated/α-hetero) is 2. The summed E-state index contributed by atoms with van der Waals surface area (Å²) in [4.78, 5) is 38.8. The molecule has 0 aliphatic heterocycles. The van der Waals surface area contributed by atoms with Gasteiger partial charge in [-0.3, -0.25) is 14.4 Å². The predicted octanol–water partition coefficient (Wildman–Crippen LogP) is 3.22. The third kappa shape index (κ3) is 3.55. The lowest BCUT2D eigenvalue weighted by molar-refractivity contribution is -0.141. The highest BCUT2D eigenvalue weighted by Crippen LogP contribution is 2.26. The number of likely N-dealkylation sites (N-methyl/N-ethyl adjacent to an activating group) is 1. The number of carbonyl (C=O) groups is 3. The molecule has 0 radical (unpaired) electrons. The summed E-state index contributed by atoms with van der Waals surface area (Å²) < 4.78 is 2.05. The molecule has 30 heavy (non-hydrogen) atoms. The Bertz CT molecular complexity index is 1100. The molecular weight excluding hydrogens is 380 g/mol. The summed E-state index contributed by atoms with van der Waals surface area (Å²) in [6.07, 6.45) is 2.09. The van der Waals surface area contributed by atoms with E-state index in [0.717, 1.165) is 26.9 Å². The highest BCUT2D eigenvalue weighted by atomic mass is 16.3. The van der Waals surface area contributed by atoms with Gasteiger partial charge >= 0.3 is 0 Å². The molecule has 0 aliphatic carbocycles. The molecular formula is C24H26N2O4. The lowest BCUT2D eigenvalue weighted by atomic mass is 9.87. The number of rotatable bonds is 7. The van der Waals surface area contributed by atoms with E-state index < -0.39 is 29.6 Å². The number of carbonyl (C=O) groups excluding carboxylic acids is 3. The highest BCUT2D eigenvalue weighted by Gasteiger charge is 2.45. The third-order valence-electron chi connectivity index (χ3n) is 5.88. The van der Waals surface area contributed by atoms with E-state index in [1.807, 2.05) is 31.4 Å². The Labute approximate surface area is 175 Å². The highest BCUT2D eigenvalue weighted by molar-refractivity contribution is 6.15. The molecule has 1 amide bonds. The van der Waals surface area contributed by atoms with Crippen LogP contribution in [0.2, 0.25) is 0 Å². The Balaban J connectivity index is 1.89. The van der Waals surface area contributed by atoms with Gasteiger partial charge < -0.3 is 14.6 Å². The van der Waals surface area contributed by atoms with Crippen molar-refractivity contribution in [2.24, 2.45) is 7.05 Å². The number of hydrogen-bond donors (Lipinski definition) is 1. The number of aromatic nitrogens is 1. The lowest BCUT2D eigenvalue weighted by Crippen LogP contribution is -2.59. The van der Waals surface area contributed by atoms with Crippen LogP contribution in [0.4, 0.5) is 0 Å². The first kappa shape index (κ1) is 21.5. The molecule has 0 spiro atoms. The Morgan fingerprint density at radius 1 is 1.00 bits per heavy atom. The molecule has 3 rings (SSSR count). The largest absolute Gasteiger partial charge is 0.388 e. The van der Waals surface area contributed by atoms with Gasteiger partial charge in [-0.15, -0.1) is 0 Å². The minimum Gasteiger partial charge on any atom is -0.388 e. The van der Waals surface area contributed by atoms with Crippen molar-refractivity contribution in [1.29, 1.82) is 0 Å². The van der Waals surface area contributed by atoms with E-state index in [9.17, 15) is 19.5 Å². The fraction of sp³-hybridized carbons (Fsp3) is 0.292. The maximum absolute atomic E-state index is 13.0. The number of nitrogens with zero attached hydrogens (tertiary/aromatic N) is 2. The summed E-state index contributed by atoms with van der Waals surface area (Å²) in [5, 5.41) is 10.4. The summed E-state index contributed by atoms with van der Waals surface area (Å²) in [6, 6.07) is 15.3. The number of hydrogen-bond acceptors (Lipinski definition) is 4. The zero-order valence-corrected chi connectivity index (χ0v) is 17.7. The normalized spacial score (nSPS) is 13.1. The van der Waals surface area contributed by atoms with Crippen molar-refractivity contribution in [3.8, 4) is 11.1 Å². The van der Waals surface area contributed by atoms with Gasteiger partial charge in [0.2, 0.25) is 0 Å². The lowest BCUT2D eigenvalue weighted by Gasteiger charge is -2.35. The quantitative estimate of drug-likeness (QED) is 0.611. The van der Waals surface area contributed by atoms with Crippen LogP contribution in [0.5, 0.6) is 0 Å². The van der Waals surface area contributed by atoms with Gasteiger partial charge in [0.15, 0.2) is 17.1 Å². The van der Waals surface area contributed by atoms with Crippen LogP contribution >= 0.6 is 0 Å². The Kier molecular flexibility index (Phi) is 5.89. The van der Waals surface area contributed by atoms with E-state index in [-0.39, 0.29) is 6.42 Å². The van der Waals surface area contributed by atoms with Crippen LogP contribution in [0.25, 0.3) is 22.0 Å². The molecule has 1 heterocycles. The van der Waals surface area contributed by atoms with Crippen molar-refractivity contribution in [3.05, 3.63) is 60.3 Å². The zero-order chi connectivity index (χ0) is 22.1. The molecule has 0 bridgehead atoms. The van der Waals surface area contributed by atoms with Crippen molar-refractivity contribution >= 4 is 28.4 Å². The van der Waals surface area contributed by atoms with Crippen LogP contribution in [-0.4, -0.2) is 51.2 Å². The minimum absolute atomic E-state index is 0.0841. The average molecular weight is 406 g/mol. The molecule has 1 aromatic heterocycles. The first-order valence-electron chi connectivity index (χ1n) is 9.85. The first-order chi connectivity index (χ1) is 14.2. The van der Waals surface area contributed by atoms with Gasteiger partial charge in [-0.25, -0.2) is 0 Å². The molecule has 6 heteroatoms. The van der Waals surface area contributed by atoms with Crippen LogP contribution in [0.1, 0.15) is 30.6 Å². The molecule has 0 saturated carbocycles. The molecule has 0 unspecified atom stereocenters. The molecule has 1 atom stereocenters. The van der Waals surface area contributed by atoms with Crippen molar-refractivity contribution in [1.82, 2.24) is 9.47 Å². The Morgan fingerprint density at radius 3 is 2.23 bits per heavy atom. The summed E-state index contributed by atoms with van der Waals surface area (Å²) >= 11 is 0. The predicted molar refractivity (Wildman–Crippen MR) is 116 cm³/mol. The van der Waals surface area contributed by atoms with Crippen molar-refractivity contribution < 1.29 is 19.5 Å². The third-order valence-corrected chi connectivity index (χ3v) is 5.88. The fourth-order valence-corrected chi connectivity index (χ4v) is 3.69. The number of fused-ring (bicyclic) bond motifs is 1. The monoisotopic (exact) mass is 406 g/mol. The van der Waals surface area contributed by atoms with Gasteiger partial charge in [-0.2, -0.15) is 0 Å². The fourth-order valence-electron chi connectivity index (χ4n) is 3.69. The topological polar surface area (TPSA) is 79.6 Å². The number of benzene rings is 2. The number of aliphatic hydroxyl groups excluding tert-OH is 1. The van der Waals surface area contributed by atoms with Gasteiger partial charge in [0.05, 0.1) is 0 Å². The van der Waals surface area contributed by atoms with Crippen molar-refractivity contribution in [2.45, 2.75) is 25.8 Å². The molecule has 0 fully saturated rings. The van der Waals surface area contributed by atoms with E-state index in [1.165, 1.54) is 14.0 Å². The van der Waals surface area contributed by atoms with Crippen molar-refractivity contribution in [3.63, 3.8) is 0 Å². The minimum atomic E-state index is -1.70. The van der Waals surface area contributed by atoms with Crippen LogP contribution in [-0.2, 0) is 16.6 Å². The standard InChI is InChI=1S/C24H26N2O4/c1-5-21(28)24(2,22(29)15-27)26(4)23(30)17-8-6-16(7-9-17)18-10-11-20-19(14-18)12-13-25(20)3/h6-14,27H,5,15H2,1-4H3/t24-/m0/s1. The van der Waals surface area contributed by atoms with E-state index >= 15 is 0 Å². The zero-order valence-electron chi connectivity index (χ0n) is 17.7. The molecule has 1 N–H and O–H groups in total. The van der Waals surface area contributed by atoms with Crippen LogP contribution in [0.3, 0.4) is 0 Å². The average Bonchev–Trinajstić information content (AvgIpc) is 3.16. The number of aliphatic hydroxyl groups is 1. The maximum atomic E-state index is 13.0. The Hall–Kier alpha value is -3.25. The SMILES string of the molecule is CCC(=O)[C@@](C)(C(=O)CO)N(C)C(=O)c1ccc(-c2ccc3c(ccn3C)c2)cc1. The summed E-state index contributed by atoms with van der Waals surface area (Å²) in [6.45, 7) is 2.21.